The lowest BCUT2D eigenvalue weighted by Gasteiger charge is -2.21. The molecule has 2 fully saturated rings. The SMILES string of the molecule is CC1(C)OC2COC(c3[nH]nc(C(N)=O)c3I)C2O1. The lowest BCUT2D eigenvalue weighted by molar-refractivity contribution is -0.176. The van der Waals surface area contributed by atoms with Crippen molar-refractivity contribution in [2.24, 2.45) is 5.73 Å². The van der Waals surface area contributed by atoms with E-state index in [1.54, 1.807) is 0 Å². The number of carbonyl (C=O) groups excluding carboxylic acids is 1. The number of rotatable bonds is 2. The number of fused-ring (bicyclic) bond motifs is 1. The summed E-state index contributed by atoms with van der Waals surface area (Å²) in [6.07, 6.45) is -0.625. The highest BCUT2D eigenvalue weighted by Crippen LogP contribution is 2.42. The Kier molecular flexibility index (Phi) is 3.08. The van der Waals surface area contributed by atoms with Crippen LogP contribution >= 0.6 is 22.6 Å². The number of hydrogen-bond acceptors (Lipinski definition) is 5. The van der Waals surface area contributed by atoms with E-state index in [0.717, 1.165) is 0 Å². The summed E-state index contributed by atoms with van der Waals surface area (Å²) in [7, 11) is 0. The van der Waals surface area contributed by atoms with E-state index in [9.17, 15) is 4.79 Å². The van der Waals surface area contributed by atoms with E-state index in [4.69, 9.17) is 19.9 Å². The van der Waals surface area contributed by atoms with Gasteiger partial charge < -0.3 is 19.9 Å². The number of carbonyl (C=O) groups is 1. The van der Waals surface area contributed by atoms with Gasteiger partial charge in [-0.15, -0.1) is 0 Å². The predicted octanol–water partition coefficient (Wildman–Crippen LogP) is 0.705. The molecule has 1 aromatic rings. The highest BCUT2D eigenvalue weighted by molar-refractivity contribution is 14.1. The average Bonchev–Trinajstić information content (AvgIpc) is 2.90. The molecule has 0 radical (unpaired) electrons. The number of halogens is 1. The molecule has 3 rings (SSSR count). The normalized spacial score (nSPS) is 32.5. The molecule has 3 atom stereocenters. The van der Waals surface area contributed by atoms with Crippen LogP contribution in [0.1, 0.15) is 36.1 Å². The van der Waals surface area contributed by atoms with Crippen LogP contribution in [0.2, 0.25) is 0 Å². The second-order valence-electron chi connectivity index (χ2n) is 5.06. The minimum atomic E-state index is -0.616. The second kappa shape index (κ2) is 4.40. The Labute approximate surface area is 123 Å². The fourth-order valence-electron chi connectivity index (χ4n) is 2.48. The number of amides is 1. The van der Waals surface area contributed by atoms with Crippen LogP contribution < -0.4 is 5.73 Å². The smallest absolute Gasteiger partial charge is 0.270 e. The summed E-state index contributed by atoms with van der Waals surface area (Å²) in [5, 5.41) is 6.75. The molecule has 3 N–H and O–H groups in total. The third kappa shape index (κ3) is 2.16. The minimum Gasteiger partial charge on any atom is -0.366 e. The van der Waals surface area contributed by atoms with Crippen molar-refractivity contribution in [3.63, 3.8) is 0 Å². The maximum Gasteiger partial charge on any atom is 0.270 e. The quantitative estimate of drug-likeness (QED) is 0.738. The number of primary amides is 1. The van der Waals surface area contributed by atoms with Gasteiger partial charge in [0, 0.05) is 0 Å². The summed E-state index contributed by atoms with van der Waals surface area (Å²) in [5.74, 6) is -1.18. The Morgan fingerprint density at radius 2 is 2.26 bits per heavy atom. The summed E-state index contributed by atoms with van der Waals surface area (Å²) in [4.78, 5) is 11.2. The number of hydrogen-bond donors (Lipinski definition) is 2. The molecule has 2 aliphatic rings. The fraction of sp³-hybridized carbons (Fsp3) is 0.636. The molecule has 0 aromatic carbocycles. The summed E-state index contributed by atoms with van der Waals surface area (Å²) < 4.78 is 18.0. The third-order valence-corrected chi connectivity index (χ3v) is 4.30. The number of aromatic nitrogens is 2. The number of ether oxygens (including phenoxy) is 3. The van der Waals surface area contributed by atoms with E-state index >= 15 is 0 Å². The van der Waals surface area contributed by atoms with E-state index < -0.39 is 11.7 Å². The predicted molar refractivity (Wildman–Crippen MR) is 72.3 cm³/mol. The van der Waals surface area contributed by atoms with Crippen molar-refractivity contribution in [2.75, 3.05) is 6.61 Å². The molecule has 0 saturated carbocycles. The van der Waals surface area contributed by atoms with Crippen LogP contribution in [-0.2, 0) is 14.2 Å². The van der Waals surface area contributed by atoms with Crippen molar-refractivity contribution in [1.82, 2.24) is 10.2 Å². The first kappa shape index (κ1) is 13.3. The number of H-pyrrole nitrogens is 1. The molecule has 2 aliphatic heterocycles. The van der Waals surface area contributed by atoms with E-state index in [1.165, 1.54) is 0 Å². The molecule has 3 heterocycles. The fourth-order valence-corrected chi connectivity index (χ4v) is 3.30. The van der Waals surface area contributed by atoms with Crippen LogP contribution in [0, 0.1) is 3.57 Å². The summed E-state index contributed by atoms with van der Waals surface area (Å²) in [6, 6.07) is 0. The first-order valence-electron chi connectivity index (χ1n) is 5.90. The number of nitrogens with two attached hydrogens (primary N) is 1. The van der Waals surface area contributed by atoms with E-state index in [2.05, 4.69) is 10.2 Å². The summed E-state index contributed by atoms with van der Waals surface area (Å²) >= 11 is 2.03. The van der Waals surface area contributed by atoms with Crippen LogP contribution in [0.3, 0.4) is 0 Å². The number of nitrogens with one attached hydrogen (secondary N) is 1. The van der Waals surface area contributed by atoms with Gasteiger partial charge in [0.15, 0.2) is 11.5 Å². The Balaban J connectivity index is 1.90. The topological polar surface area (TPSA) is 99.5 Å². The average molecular weight is 379 g/mol. The van der Waals surface area contributed by atoms with Crippen molar-refractivity contribution in [3.05, 3.63) is 15.0 Å². The van der Waals surface area contributed by atoms with Crippen LogP contribution in [-0.4, -0.2) is 40.7 Å². The summed E-state index contributed by atoms with van der Waals surface area (Å²) in [6.45, 7) is 4.20. The monoisotopic (exact) mass is 379 g/mol. The van der Waals surface area contributed by atoms with Crippen LogP contribution in [0.25, 0.3) is 0 Å². The molecule has 7 nitrogen and oxygen atoms in total. The van der Waals surface area contributed by atoms with Gasteiger partial charge in [-0.3, -0.25) is 9.89 Å². The minimum absolute atomic E-state index is 0.101. The van der Waals surface area contributed by atoms with Gasteiger partial charge in [-0.05, 0) is 36.4 Å². The molecular formula is C11H14IN3O4. The van der Waals surface area contributed by atoms with Crippen molar-refractivity contribution in [2.45, 2.75) is 37.9 Å². The molecule has 3 unspecified atom stereocenters. The van der Waals surface area contributed by atoms with E-state index in [1.807, 2.05) is 36.4 Å². The van der Waals surface area contributed by atoms with Gasteiger partial charge in [0.1, 0.15) is 18.3 Å². The molecule has 2 saturated heterocycles. The lowest BCUT2D eigenvalue weighted by Crippen LogP contribution is -2.25. The first-order chi connectivity index (χ1) is 8.89. The first-order valence-corrected chi connectivity index (χ1v) is 6.98. The van der Waals surface area contributed by atoms with E-state index in [-0.39, 0.29) is 24.0 Å². The molecule has 0 bridgehead atoms. The summed E-state index contributed by atoms with van der Waals surface area (Å²) in [5.41, 5.74) is 6.19. The molecule has 104 valence electrons. The molecule has 0 aliphatic carbocycles. The number of nitrogens with zero attached hydrogens (tertiary/aromatic N) is 1. The third-order valence-electron chi connectivity index (χ3n) is 3.21. The molecule has 8 heteroatoms. The van der Waals surface area contributed by atoms with Gasteiger partial charge in [0.25, 0.3) is 5.91 Å². The van der Waals surface area contributed by atoms with Crippen molar-refractivity contribution >= 4 is 28.5 Å². The zero-order valence-corrected chi connectivity index (χ0v) is 12.6. The van der Waals surface area contributed by atoms with Crippen molar-refractivity contribution in [3.8, 4) is 0 Å². The van der Waals surface area contributed by atoms with Gasteiger partial charge in [-0.1, -0.05) is 0 Å². The second-order valence-corrected chi connectivity index (χ2v) is 6.14. The Morgan fingerprint density at radius 3 is 2.89 bits per heavy atom. The molecule has 1 amide bonds. The highest BCUT2D eigenvalue weighted by Gasteiger charge is 2.51. The highest BCUT2D eigenvalue weighted by atomic mass is 127. The Hall–Kier alpha value is -0.710. The molecule has 0 spiro atoms. The van der Waals surface area contributed by atoms with Crippen molar-refractivity contribution in [1.29, 1.82) is 0 Å². The van der Waals surface area contributed by atoms with Gasteiger partial charge in [-0.2, -0.15) is 5.10 Å². The Bertz CT molecular complexity index is 530. The van der Waals surface area contributed by atoms with Gasteiger partial charge >= 0.3 is 0 Å². The Morgan fingerprint density at radius 1 is 1.53 bits per heavy atom. The van der Waals surface area contributed by atoms with Crippen LogP contribution in [0.5, 0.6) is 0 Å². The van der Waals surface area contributed by atoms with Crippen molar-refractivity contribution < 1.29 is 19.0 Å². The number of aromatic amines is 1. The standard InChI is InChI=1S/C11H14IN3O4/c1-11(2)18-4-3-17-9(8(4)19-11)6-5(12)7(10(13)16)15-14-6/h4,8-9H,3H2,1-2H3,(H2,13,16)(H,14,15). The van der Waals surface area contributed by atoms with Crippen LogP contribution in [0.15, 0.2) is 0 Å². The van der Waals surface area contributed by atoms with Gasteiger partial charge in [0.2, 0.25) is 0 Å². The molecule has 1 aromatic heterocycles. The molecular weight excluding hydrogens is 365 g/mol. The largest absolute Gasteiger partial charge is 0.366 e. The van der Waals surface area contributed by atoms with Gasteiger partial charge in [0.05, 0.1) is 15.9 Å². The zero-order valence-electron chi connectivity index (χ0n) is 10.5. The van der Waals surface area contributed by atoms with E-state index in [0.29, 0.717) is 15.9 Å². The maximum absolute atomic E-state index is 11.2. The van der Waals surface area contributed by atoms with Gasteiger partial charge in [-0.25, -0.2) is 0 Å². The van der Waals surface area contributed by atoms with Crippen LogP contribution in [0.4, 0.5) is 0 Å². The maximum atomic E-state index is 11.2. The zero-order chi connectivity index (χ0) is 13.8. The molecule has 19 heavy (non-hydrogen) atoms. The lowest BCUT2D eigenvalue weighted by atomic mass is 10.1.